The van der Waals surface area contributed by atoms with Gasteiger partial charge in [-0.3, -0.25) is 0 Å². The van der Waals surface area contributed by atoms with Crippen LogP contribution in [0.1, 0.15) is 5.56 Å². The van der Waals surface area contributed by atoms with Gasteiger partial charge in [-0.1, -0.05) is 30.3 Å². The Bertz CT molecular complexity index is 483. The minimum absolute atomic E-state index is 0.694. The molecular formula is C14H16N2O. The summed E-state index contributed by atoms with van der Waals surface area (Å²) >= 11 is 0. The molecule has 3 nitrogen and oxygen atoms in total. The molecule has 0 saturated carbocycles. The molecule has 0 unspecified atom stereocenters. The van der Waals surface area contributed by atoms with Crippen molar-refractivity contribution in [3.8, 4) is 5.75 Å². The molecule has 0 atom stereocenters. The van der Waals surface area contributed by atoms with Crippen LogP contribution in [0.4, 0.5) is 11.4 Å². The van der Waals surface area contributed by atoms with Crippen molar-refractivity contribution in [2.75, 3.05) is 18.2 Å². The summed E-state index contributed by atoms with van der Waals surface area (Å²) in [5, 5.41) is 3.32. The van der Waals surface area contributed by atoms with E-state index < -0.39 is 0 Å². The van der Waals surface area contributed by atoms with E-state index in [9.17, 15) is 0 Å². The van der Waals surface area contributed by atoms with Crippen molar-refractivity contribution in [2.24, 2.45) is 0 Å². The smallest absolute Gasteiger partial charge is 0.122 e. The molecule has 0 aliphatic heterocycles. The molecule has 0 amide bonds. The zero-order valence-electron chi connectivity index (χ0n) is 9.81. The van der Waals surface area contributed by atoms with Crippen LogP contribution < -0.4 is 15.8 Å². The van der Waals surface area contributed by atoms with Gasteiger partial charge in [0.1, 0.15) is 5.75 Å². The molecule has 0 spiro atoms. The maximum Gasteiger partial charge on any atom is 0.122 e. The standard InChI is InChI=1S/C14H16N2O/c1-17-14-8-12(15)7-13(9-14)16-10-11-5-3-2-4-6-11/h2-9,16H,10,15H2,1H3. The van der Waals surface area contributed by atoms with Crippen molar-refractivity contribution >= 4 is 11.4 Å². The number of anilines is 2. The van der Waals surface area contributed by atoms with E-state index in [0.29, 0.717) is 5.69 Å². The molecule has 0 radical (unpaired) electrons. The molecule has 2 aromatic rings. The Kier molecular flexibility index (Phi) is 3.50. The number of benzene rings is 2. The van der Waals surface area contributed by atoms with Gasteiger partial charge in [-0.2, -0.15) is 0 Å². The summed E-state index contributed by atoms with van der Waals surface area (Å²) < 4.78 is 5.17. The third-order valence-corrected chi connectivity index (χ3v) is 2.50. The molecule has 0 fully saturated rings. The fraction of sp³-hybridized carbons (Fsp3) is 0.143. The number of methoxy groups -OCH3 is 1. The highest BCUT2D eigenvalue weighted by Crippen LogP contribution is 2.22. The number of nitrogens with one attached hydrogen (secondary N) is 1. The highest BCUT2D eigenvalue weighted by atomic mass is 16.5. The molecule has 0 aliphatic carbocycles. The maximum atomic E-state index is 5.78. The topological polar surface area (TPSA) is 47.3 Å². The van der Waals surface area contributed by atoms with Gasteiger partial charge in [-0.25, -0.2) is 0 Å². The van der Waals surface area contributed by atoms with Gasteiger partial charge in [0.05, 0.1) is 7.11 Å². The largest absolute Gasteiger partial charge is 0.497 e. The Hall–Kier alpha value is -2.16. The molecule has 2 rings (SSSR count). The number of rotatable bonds is 4. The quantitative estimate of drug-likeness (QED) is 0.791. The Morgan fingerprint density at radius 1 is 1.12 bits per heavy atom. The minimum atomic E-state index is 0.694. The van der Waals surface area contributed by atoms with Crippen molar-refractivity contribution in [1.29, 1.82) is 0 Å². The molecule has 0 aromatic heterocycles. The van der Waals surface area contributed by atoms with Crippen molar-refractivity contribution in [2.45, 2.75) is 6.54 Å². The second-order valence-corrected chi connectivity index (χ2v) is 3.83. The molecule has 88 valence electrons. The molecule has 2 aromatic carbocycles. The van der Waals surface area contributed by atoms with E-state index in [0.717, 1.165) is 18.0 Å². The lowest BCUT2D eigenvalue weighted by atomic mass is 10.2. The summed E-state index contributed by atoms with van der Waals surface area (Å²) in [5.41, 5.74) is 8.67. The Morgan fingerprint density at radius 2 is 1.88 bits per heavy atom. The van der Waals surface area contributed by atoms with E-state index >= 15 is 0 Å². The fourth-order valence-electron chi connectivity index (χ4n) is 1.64. The van der Waals surface area contributed by atoms with E-state index in [1.165, 1.54) is 5.56 Å². The predicted octanol–water partition coefficient (Wildman–Crippen LogP) is 2.89. The number of hydrogen-bond donors (Lipinski definition) is 2. The summed E-state index contributed by atoms with van der Waals surface area (Å²) in [6.45, 7) is 0.771. The first-order valence-electron chi connectivity index (χ1n) is 5.50. The normalized spacial score (nSPS) is 9.94. The van der Waals surface area contributed by atoms with Crippen LogP contribution in [-0.4, -0.2) is 7.11 Å². The van der Waals surface area contributed by atoms with E-state index in [1.807, 2.05) is 30.3 Å². The lowest BCUT2D eigenvalue weighted by Gasteiger charge is -2.09. The van der Waals surface area contributed by atoms with E-state index in [2.05, 4.69) is 17.4 Å². The third-order valence-electron chi connectivity index (χ3n) is 2.50. The molecule has 0 aliphatic rings. The minimum Gasteiger partial charge on any atom is -0.497 e. The summed E-state index contributed by atoms with van der Waals surface area (Å²) in [6.07, 6.45) is 0. The molecular weight excluding hydrogens is 212 g/mol. The zero-order valence-corrected chi connectivity index (χ0v) is 9.81. The Balaban J connectivity index is 2.06. The first-order chi connectivity index (χ1) is 8.28. The van der Waals surface area contributed by atoms with E-state index in [1.54, 1.807) is 13.2 Å². The first kappa shape index (κ1) is 11.3. The SMILES string of the molecule is COc1cc(N)cc(NCc2ccccc2)c1. The number of nitrogen functional groups attached to an aromatic ring is 1. The van der Waals surface area contributed by atoms with Gasteiger partial charge < -0.3 is 15.8 Å². The Labute approximate surface area is 101 Å². The lowest BCUT2D eigenvalue weighted by Crippen LogP contribution is -2.00. The van der Waals surface area contributed by atoms with Gasteiger partial charge in [-0.15, -0.1) is 0 Å². The maximum absolute atomic E-state index is 5.78. The van der Waals surface area contributed by atoms with Crippen LogP contribution in [0.25, 0.3) is 0 Å². The highest BCUT2D eigenvalue weighted by Gasteiger charge is 1.99. The number of ether oxygens (including phenoxy) is 1. The average molecular weight is 228 g/mol. The molecule has 17 heavy (non-hydrogen) atoms. The van der Waals surface area contributed by atoms with Crippen molar-refractivity contribution in [3.05, 3.63) is 54.1 Å². The second-order valence-electron chi connectivity index (χ2n) is 3.83. The van der Waals surface area contributed by atoms with Crippen LogP contribution in [-0.2, 0) is 6.54 Å². The summed E-state index contributed by atoms with van der Waals surface area (Å²) in [6, 6.07) is 15.8. The van der Waals surface area contributed by atoms with E-state index in [-0.39, 0.29) is 0 Å². The van der Waals surface area contributed by atoms with Crippen LogP contribution in [0.5, 0.6) is 5.75 Å². The Morgan fingerprint density at radius 3 is 2.59 bits per heavy atom. The van der Waals surface area contributed by atoms with Crippen LogP contribution in [0.15, 0.2) is 48.5 Å². The lowest BCUT2D eigenvalue weighted by molar-refractivity contribution is 0.415. The van der Waals surface area contributed by atoms with Gasteiger partial charge in [0.25, 0.3) is 0 Å². The number of nitrogens with two attached hydrogens (primary N) is 1. The highest BCUT2D eigenvalue weighted by molar-refractivity contribution is 5.59. The van der Waals surface area contributed by atoms with Gasteiger partial charge >= 0.3 is 0 Å². The van der Waals surface area contributed by atoms with Crippen molar-refractivity contribution in [3.63, 3.8) is 0 Å². The molecule has 0 heterocycles. The summed E-state index contributed by atoms with van der Waals surface area (Å²) in [4.78, 5) is 0. The van der Waals surface area contributed by atoms with E-state index in [4.69, 9.17) is 10.5 Å². The van der Waals surface area contributed by atoms with Gasteiger partial charge in [0.15, 0.2) is 0 Å². The first-order valence-corrected chi connectivity index (χ1v) is 5.50. The van der Waals surface area contributed by atoms with Crippen molar-refractivity contribution in [1.82, 2.24) is 0 Å². The number of hydrogen-bond acceptors (Lipinski definition) is 3. The predicted molar refractivity (Wildman–Crippen MR) is 71.2 cm³/mol. The average Bonchev–Trinajstić information content (AvgIpc) is 2.37. The van der Waals surface area contributed by atoms with Gasteiger partial charge in [0, 0.05) is 30.1 Å². The second kappa shape index (κ2) is 5.25. The third kappa shape index (κ3) is 3.14. The molecule has 0 bridgehead atoms. The fourth-order valence-corrected chi connectivity index (χ4v) is 1.64. The van der Waals surface area contributed by atoms with Crippen LogP contribution in [0.2, 0.25) is 0 Å². The van der Waals surface area contributed by atoms with Gasteiger partial charge in [-0.05, 0) is 11.6 Å². The zero-order chi connectivity index (χ0) is 12.1. The monoisotopic (exact) mass is 228 g/mol. The van der Waals surface area contributed by atoms with Crippen molar-refractivity contribution < 1.29 is 4.74 Å². The summed E-state index contributed by atoms with van der Waals surface area (Å²) in [5.74, 6) is 0.764. The molecule has 3 heteroatoms. The van der Waals surface area contributed by atoms with Crippen LogP contribution in [0.3, 0.4) is 0 Å². The summed E-state index contributed by atoms with van der Waals surface area (Å²) in [7, 11) is 1.63. The molecule has 0 saturated heterocycles. The molecule has 3 N–H and O–H groups in total. The van der Waals surface area contributed by atoms with Crippen LogP contribution in [0, 0.1) is 0 Å². The van der Waals surface area contributed by atoms with Crippen LogP contribution >= 0.6 is 0 Å². The van der Waals surface area contributed by atoms with Gasteiger partial charge in [0.2, 0.25) is 0 Å².